The monoisotopic (exact) mass is 208 g/mol. The van der Waals surface area contributed by atoms with Crippen molar-refractivity contribution in [2.75, 3.05) is 0 Å². The highest BCUT2D eigenvalue weighted by Gasteiger charge is 2.35. The fraction of sp³-hybridized carbons (Fsp3) is 0.364. The van der Waals surface area contributed by atoms with Crippen LogP contribution in [0.4, 0.5) is 4.39 Å². The molecule has 0 heterocycles. The van der Waals surface area contributed by atoms with E-state index in [1.807, 2.05) is 0 Å². The first-order valence-electron chi connectivity index (χ1n) is 4.91. The van der Waals surface area contributed by atoms with Crippen molar-refractivity contribution >= 4 is 5.91 Å². The standard InChI is InChI=1S/C11H13FN2O/c1-6-7(3-2-4-8(6)12)11(15)14-10-5-9(10)13/h2-4,9-10H,5,13H2,1H3,(H,14,15). The van der Waals surface area contributed by atoms with Gasteiger partial charge in [-0.2, -0.15) is 0 Å². The number of hydrogen-bond acceptors (Lipinski definition) is 2. The molecule has 0 spiro atoms. The summed E-state index contributed by atoms with van der Waals surface area (Å²) < 4.78 is 13.2. The van der Waals surface area contributed by atoms with Gasteiger partial charge in [0.15, 0.2) is 0 Å². The Hall–Kier alpha value is -1.42. The molecule has 4 heteroatoms. The van der Waals surface area contributed by atoms with Crippen LogP contribution in [0.25, 0.3) is 0 Å². The van der Waals surface area contributed by atoms with Crippen molar-refractivity contribution in [3.63, 3.8) is 0 Å². The molecule has 0 bridgehead atoms. The molecule has 80 valence electrons. The minimum absolute atomic E-state index is 0.0557. The lowest BCUT2D eigenvalue weighted by molar-refractivity contribution is 0.0949. The van der Waals surface area contributed by atoms with Crippen LogP contribution >= 0.6 is 0 Å². The first-order valence-corrected chi connectivity index (χ1v) is 4.91. The number of halogens is 1. The third-order valence-electron chi connectivity index (χ3n) is 2.67. The van der Waals surface area contributed by atoms with Crippen LogP contribution in [0.15, 0.2) is 18.2 Å². The van der Waals surface area contributed by atoms with E-state index in [4.69, 9.17) is 5.73 Å². The van der Waals surface area contributed by atoms with Crippen LogP contribution in [0.3, 0.4) is 0 Å². The van der Waals surface area contributed by atoms with Crippen LogP contribution in [0.5, 0.6) is 0 Å². The molecule has 1 aromatic rings. The van der Waals surface area contributed by atoms with Gasteiger partial charge >= 0.3 is 0 Å². The fourth-order valence-electron chi connectivity index (χ4n) is 1.48. The van der Waals surface area contributed by atoms with Crippen LogP contribution in [-0.4, -0.2) is 18.0 Å². The molecule has 0 aromatic heterocycles. The van der Waals surface area contributed by atoms with Gasteiger partial charge in [-0.1, -0.05) is 6.07 Å². The van der Waals surface area contributed by atoms with Gasteiger partial charge in [0.05, 0.1) is 0 Å². The summed E-state index contributed by atoms with van der Waals surface area (Å²) in [5, 5.41) is 2.76. The first-order chi connectivity index (χ1) is 7.09. The minimum atomic E-state index is -0.359. The van der Waals surface area contributed by atoms with E-state index < -0.39 is 0 Å². The van der Waals surface area contributed by atoms with Crippen molar-refractivity contribution in [3.8, 4) is 0 Å². The van der Waals surface area contributed by atoms with Crippen LogP contribution in [-0.2, 0) is 0 Å². The summed E-state index contributed by atoms with van der Waals surface area (Å²) in [6.45, 7) is 1.59. The van der Waals surface area contributed by atoms with Crippen molar-refractivity contribution < 1.29 is 9.18 Å². The maximum absolute atomic E-state index is 13.2. The van der Waals surface area contributed by atoms with Gasteiger partial charge in [-0.3, -0.25) is 4.79 Å². The van der Waals surface area contributed by atoms with E-state index in [0.717, 1.165) is 6.42 Å². The molecule has 0 saturated heterocycles. The Morgan fingerprint density at radius 1 is 1.60 bits per heavy atom. The summed E-state index contributed by atoms with van der Waals surface area (Å²) in [5.74, 6) is -0.604. The number of nitrogens with one attached hydrogen (secondary N) is 1. The lowest BCUT2D eigenvalue weighted by atomic mass is 10.1. The molecule has 0 aliphatic heterocycles. The van der Waals surface area contributed by atoms with E-state index in [1.54, 1.807) is 13.0 Å². The summed E-state index contributed by atoms with van der Waals surface area (Å²) in [6.07, 6.45) is 0.806. The summed E-state index contributed by atoms with van der Waals surface area (Å²) >= 11 is 0. The molecule has 15 heavy (non-hydrogen) atoms. The van der Waals surface area contributed by atoms with E-state index in [-0.39, 0.29) is 23.8 Å². The van der Waals surface area contributed by atoms with Crippen LogP contribution in [0, 0.1) is 12.7 Å². The van der Waals surface area contributed by atoms with Gasteiger partial charge in [0.1, 0.15) is 5.82 Å². The maximum Gasteiger partial charge on any atom is 0.251 e. The van der Waals surface area contributed by atoms with Gasteiger partial charge in [-0.05, 0) is 31.0 Å². The molecule has 1 saturated carbocycles. The molecule has 3 N–H and O–H groups in total. The van der Waals surface area contributed by atoms with E-state index >= 15 is 0 Å². The third kappa shape index (κ3) is 1.99. The van der Waals surface area contributed by atoms with Gasteiger partial charge in [0, 0.05) is 17.6 Å². The molecule has 1 amide bonds. The SMILES string of the molecule is Cc1c(F)cccc1C(=O)NC1CC1N. The van der Waals surface area contributed by atoms with Crippen molar-refractivity contribution in [1.82, 2.24) is 5.32 Å². The summed E-state index contributed by atoms with van der Waals surface area (Å²) in [7, 11) is 0. The average molecular weight is 208 g/mol. The second-order valence-corrected chi connectivity index (χ2v) is 3.89. The van der Waals surface area contributed by atoms with E-state index in [1.165, 1.54) is 12.1 Å². The number of rotatable bonds is 2. The zero-order valence-corrected chi connectivity index (χ0v) is 8.46. The maximum atomic E-state index is 13.2. The zero-order valence-electron chi connectivity index (χ0n) is 8.46. The average Bonchev–Trinajstić information content (AvgIpc) is 2.86. The molecule has 1 aliphatic carbocycles. The van der Waals surface area contributed by atoms with Crippen molar-refractivity contribution in [3.05, 3.63) is 35.1 Å². The summed E-state index contributed by atoms with van der Waals surface area (Å²) in [6, 6.07) is 4.60. The smallest absolute Gasteiger partial charge is 0.251 e. The van der Waals surface area contributed by atoms with E-state index in [2.05, 4.69) is 5.32 Å². The highest BCUT2D eigenvalue weighted by molar-refractivity contribution is 5.96. The van der Waals surface area contributed by atoms with Crippen LogP contribution in [0.1, 0.15) is 22.3 Å². The number of carbonyl (C=O) groups is 1. The Labute approximate surface area is 87.5 Å². The summed E-state index contributed by atoms with van der Waals surface area (Å²) in [4.78, 5) is 11.7. The highest BCUT2D eigenvalue weighted by atomic mass is 19.1. The molecule has 1 fully saturated rings. The lowest BCUT2D eigenvalue weighted by Crippen LogP contribution is -2.30. The van der Waals surface area contributed by atoms with Gasteiger partial charge < -0.3 is 11.1 Å². The predicted octanol–water partition coefficient (Wildman–Crippen LogP) is 0.964. The normalized spacial score (nSPS) is 23.7. The third-order valence-corrected chi connectivity index (χ3v) is 2.67. The number of nitrogens with two attached hydrogens (primary N) is 1. The Bertz CT molecular complexity index is 406. The van der Waals surface area contributed by atoms with Gasteiger partial charge in [0.25, 0.3) is 5.91 Å². The van der Waals surface area contributed by atoms with Crippen LogP contribution < -0.4 is 11.1 Å². The van der Waals surface area contributed by atoms with Crippen LogP contribution in [0.2, 0.25) is 0 Å². The second kappa shape index (κ2) is 3.62. The van der Waals surface area contributed by atoms with Crippen molar-refractivity contribution in [1.29, 1.82) is 0 Å². The molecule has 0 radical (unpaired) electrons. The second-order valence-electron chi connectivity index (χ2n) is 3.89. The Kier molecular flexibility index (Phi) is 2.44. The fourth-order valence-corrected chi connectivity index (χ4v) is 1.48. The van der Waals surface area contributed by atoms with Gasteiger partial charge in [-0.25, -0.2) is 4.39 Å². The number of hydrogen-bond donors (Lipinski definition) is 2. The number of benzene rings is 1. The Balaban J connectivity index is 2.14. The topological polar surface area (TPSA) is 55.1 Å². The number of carbonyl (C=O) groups excluding carboxylic acids is 1. The van der Waals surface area contributed by atoms with Crippen molar-refractivity contribution in [2.24, 2.45) is 5.73 Å². The minimum Gasteiger partial charge on any atom is -0.348 e. The molecule has 2 atom stereocenters. The largest absolute Gasteiger partial charge is 0.348 e. The molecular weight excluding hydrogens is 195 g/mol. The molecule has 2 rings (SSSR count). The molecule has 3 nitrogen and oxygen atoms in total. The Morgan fingerprint density at radius 3 is 2.87 bits per heavy atom. The predicted molar refractivity (Wildman–Crippen MR) is 55.0 cm³/mol. The molecule has 2 unspecified atom stereocenters. The first kappa shape index (κ1) is 10.1. The summed E-state index contributed by atoms with van der Waals surface area (Å²) in [5.41, 5.74) is 6.33. The highest BCUT2D eigenvalue weighted by Crippen LogP contribution is 2.19. The number of amides is 1. The lowest BCUT2D eigenvalue weighted by Gasteiger charge is -2.07. The molecule has 1 aromatic carbocycles. The van der Waals surface area contributed by atoms with Crippen molar-refractivity contribution in [2.45, 2.75) is 25.4 Å². The van der Waals surface area contributed by atoms with E-state index in [9.17, 15) is 9.18 Å². The molecule has 1 aliphatic rings. The Morgan fingerprint density at radius 2 is 2.27 bits per heavy atom. The van der Waals surface area contributed by atoms with E-state index in [0.29, 0.717) is 11.1 Å². The quantitative estimate of drug-likeness (QED) is 0.760. The zero-order chi connectivity index (χ0) is 11.0. The molecular formula is C11H13FN2O. The van der Waals surface area contributed by atoms with Gasteiger partial charge in [0.2, 0.25) is 0 Å². The van der Waals surface area contributed by atoms with Gasteiger partial charge in [-0.15, -0.1) is 0 Å².